The van der Waals surface area contributed by atoms with Crippen LogP contribution in [-0.2, 0) is 6.42 Å². The summed E-state index contributed by atoms with van der Waals surface area (Å²) in [4.78, 5) is 1.50. The van der Waals surface area contributed by atoms with Gasteiger partial charge in [-0.25, -0.2) is 0 Å². The second-order valence-corrected chi connectivity index (χ2v) is 6.82. The van der Waals surface area contributed by atoms with Crippen molar-refractivity contribution in [3.63, 3.8) is 0 Å². The van der Waals surface area contributed by atoms with E-state index in [0.29, 0.717) is 0 Å². The van der Waals surface area contributed by atoms with Crippen molar-refractivity contribution < 1.29 is 0 Å². The van der Waals surface area contributed by atoms with E-state index in [9.17, 15) is 0 Å². The molecule has 1 aromatic rings. The molecule has 0 fully saturated rings. The van der Waals surface area contributed by atoms with Crippen molar-refractivity contribution in [1.82, 2.24) is 5.32 Å². The monoisotopic (exact) mass is 303 g/mol. The van der Waals surface area contributed by atoms with Gasteiger partial charge in [0.05, 0.1) is 3.79 Å². The van der Waals surface area contributed by atoms with Crippen LogP contribution in [0.15, 0.2) is 15.9 Å². The van der Waals surface area contributed by atoms with Crippen LogP contribution in [0.1, 0.15) is 38.0 Å². The highest BCUT2D eigenvalue weighted by Gasteiger charge is 2.09. The first-order chi connectivity index (χ1) is 7.76. The molecule has 0 spiro atoms. The second kappa shape index (κ2) is 8.26. The summed E-state index contributed by atoms with van der Waals surface area (Å²) in [5.41, 5.74) is 0. The predicted octanol–water partition coefficient (Wildman–Crippen LogP) is 4.47. The maximum atomic E-state index is 3.54. The number of hydrogen-bond donors (Lipinski definition) is 1. The van der Waals surface area contributed by atoms with E-state index in [1.54, 1.807) is 0 Å². The highest BCUT2D eigenvalue weighted by atomic mass is 79.9. The molecular weight excluding hydrogens is 282 g/mol. The van der Waals surface area contributed by atoms with Crippen molar-refractivity contribution in [1.29, 1.82) is 0 Å². The first-order valence-electron chi connectivity index (χ1n) is 6.21. The van der Waals surface area contributed by atoms with Crippen LogP contribution in [0.4, 0.5) is 0 Å². The first kappa shape index (κ1) is 14.2. The smallest absolute Gasteiger partial charge is 0.0701 e. The van der Waals surface area contributed by atoms with Crippen molar-refractivity contribution in [3.8, 4) is 0 Å². The fraction of sp³-hybridized carbons (Fsp3) is 0.692. The molecule has 0 aliphatic rings. The number of hydrogen-bond acceptors (Lipinski definition) is 2. The Labute approximate surface area is 112 Å². The fourth-order valence-corrected chi connectivity index (χ4v) is 3.51. The molecule has 16 heavy (non-hydrogen) atoms. The normalized spacial score (nSPS) is 12.9. The van der Waals surface area contributed by atoms with Crippen LogP contribution < -0.4 is 5.32 Å². The van der Waals surface area contributed by atoms with Crippen LogP contribution in [-0.4, -0.2) is 13.1 Å². The average Bonchev–Trinajstić information content (AvgIpc) is 2.65. The van der Waals surface area contributed by atoms with Crippen LogP contribution in [0.2, 0.25) is 0 Å². The highest BCUT2D eigenvalue weighted by molar-refractivity contribution is 9.11. The lowest BCUT2D eigenvalue weighted by atomic mass is 9.99. The summed E-state index contributed by atoms with van der Waals surface area (Å²) in [5.74, 6) is 0.794. The molecule has 1 rings (SSSR count). The number of rotatable bonds is 8. The molecule has 0 aromatic carbocycles. The molecular formula is C13H22BrNS. The Morgan fingerprint density at radius 3 is 2.69 bits per heavy atom. The lowest BCUT2D eigenvalue weighted by Gasteiger charge is -2.15. The highest BCUT2D eigenvalue weighted by Crippen LogP contribution is 2.25. The second-order valence-electron chi connectivity index (χ2n) is 4.27. The molecule has 0 radical (unpaired) electrons. The van der Waals surface area contributed by atoms with Gasteiger partial charge >= 0.3 is 0 Å². The Kier molecular flexibility index (Phi) is 7.33. The topological polar surface area (TPSA) is 12.0 Å². The molecule has 1 heterocycles. The maximum Gasteiger partial charge on any atom is 0.0701 e. The predicted molar refractivity (Wildman–Crippen MR) is 77.3 cm³/mol. The summed E-state index contributed by atoms with van der Waals surface area (Å²) >= 11 is 5.40. The summed E-state index contributed by atoms with van der Waals surface area (Å²) in [7, 11) is 0. The van der Waals surface area contributed by atoms with Gasteiger partial charge in [-0.1, -0.05) is 20.3 Å². The third-order valence-electron chi connectivity index (χ3n) is 2.68. The van der Waals surface area contributed by atoms with E-state index >= 15 is 0 Å². The van der Waals surface area contributed by atoms with Gasteiger partial charge in [0.25, 0.3) is 0 Å². The van der Waals surface area contributed by atoms with Crippen LogP contribution in [0.3, 0.4) is 0 Å². The van der Waals surface area contributed by atoms with Gasteiger partial charge in [0.15, 0.2) is 0 Å². The summed E-state index contributed by atoms with van der Waals surface area (Å²) in [5, 5.41) is 3.54. The molecule has 1 nitrogen and oxygen atoms in total. The van der Waals surface area contributed by atoms with Gasteiger partial charge in [0.2, 0.25) is 0 Å². The van der Waals surface area contributed by atoms with E-state index in [-0.39, 0.29) is 0 Å². The zero-order valence-electron chi connectivity index (χ0n) is 10.3. The maximum absolute atomic E-state index is 3.54. The van der Waals surface area contributed by atoms with E-state index in [0.717, 1.165) is 19.0 Å². The largest absolute Gasteiger partial charge is 0.316 e. The Balaban J connectivity index is 2.37. The molecule has 1 aromatic heterocycles. The SMILES string of the molecule is CCCNCC(CCC)Cc1ccc(Br)s1. The molecule has 0 bridgehead atoms. The summed E-state index contributed by atoms with van der Waals surface area (Å²) in [6.07, 6.45) is 5.06. The van der Waals surface area contributed by atoms with E-state index < -0.39 is 0 Å². The van der Waals surface area contributed by atoms with Crippen LogP contribution in [0.25, 0.3) is 0 Å². The number of nitrogens with one attached hydrogen (secondary N) is 1. The molecule has 92 valence electrons. The molecule has 1 unspecified atom stereocenters. The molecule has 1 atom stereocenters. The van der Waals surface area contributed by atoms with Crippen molar-refractivity contribution in [2.75, 3.05) is 13.1 Å². The average molecular weight is 304 g/mol. The van der Waals surface area contributed by atoms with Crippen LogP contribution in [0, 0.1) is 5.92 Å². The molecule has 3 heteroatoms. The third-order valence-corrected chi connectivity index (χ3v) is 4.32. The van der Waals surface area contributed by atoms with Gasteiger partial charge in [-0.15, -0.1) is 11.3 Å². The summed E-state index contributed by atoms with van der Waals surface area (Å²) < 4.78 is 1.25. The fourth-order valence-electron chi connectivity index (χ4n) is 1.91. The van der Waals surface area contributed by atoms with Crippen molar-refractivity contribution >= 4 is 27.3 Å². The quantitative estimate of drug-likeness (QED) is 0.699. The Bertz CT molecular complexity index is 285. The minimum atomic E-state index is 0.794. The van der Waals surface area contributed by atoms with Crippen molar-refractivity contribution in [2.24, 2.45) is 5.92 Å². The lowest BCUT2D eigenvalue weighted by molar-refractivity contribution is 0.441. The number of thiophene rings is 1. The third kappa shape index (κ3) is 5.46. The molecule has 0 saturated carbocycles. The van der Waals surface area contributed by atoms with E-state index in [4.69, 9.17) is 0 Å². The molecule has 0 amide bonds. The van der Waals surface area contributed by atoms with E-state index in [1.165, 1.54) is 34.3 Å². The Hall–Kier alpha value is 0.140. The zero-order valence-corrected chi connectivity index (χ0v) is 12.7. The molecule has 0 aliphatic heterocycles. The molecule has 0 saturated heterocycles. The van der Waals surface area contributed by atoms with Gasteiger partial charge < -0.3 is 5.32 Å². The zero-order chi connectivity index (χ0) is 11.8. The summed E-state index contributed by atoms with van der Waals surface area (Å²) in [6.45, 7) is 6.81. The minimum Gasteiger partial charge on any atom is -0.316 e. The minimum absolute atomic E-state index is 0.794. The van der Waals surface area contributed by atoms with Gasteiger partial charge in [-0.2, -0.15) is 0 Å². The van der Waals surface area contributed by atoms with Gasteiger partial charge in [-0.05, 0) is 66.3 Å². The lowest BCUT2D eigenvalue weighted by Crippen LogP contribution is -2.24. The van der Waals surface area contributed by atoms with E-state index in [2.05, 4.69) is 47.2 Å². The van der Waals surface area contributed by atoms with Gasteiger partial charge in [0, 0.05) is 4.88 Å². The number of halogens is 1. The molecule has 0 aliphatic carbocycles. The van der Waals surface area contributed by atoms with Crippen LogP contribution in [0.5, 0.6) is 0 Å². The Morgan fingerprint density at radius 2 is 2.12 bits per heavy atom. The molecule has 1 N–H and O–H groups in total. The van der Waals surface area contributed by atoms with Crippen molar-refractivity contribution in [3.05, 3.63) is 20.8 Å². The standard InChI is InChI=1S/C13H22BrNS/c1-3-5-11(10-15-8-4-2)9-12-6-7-13(14)16-12/h6-7,11,15H,3-5,8-10H2,1-2H3. The van der Waals surface area contributed by atoms with Crippen molar-refractivity contribution in [2.45, 2.75) is 39.5 Å². The summed E-state index contributed by atoms with van der Waals surface area (Å²) in [6, 6.07) is 4.40. The Morgan fingerprint density at radius 1 is 1.31 bits per heavy atom. The van der Waals surface area contributed by atoms with Crippen LogP contribution >= 0.6 is 27.3 Å². The first-order valence-corrected chi connectivity index (χ1v) is 7.82. The van der Waals surface area contributed by atoms with Gasteiger partial charge in [-0.3, -0.25) is 0 Å². The van der Waals surface area contributed by atoms with E-state index in [1.807, 2.05) is 11.3 Å². The van der Waals surface area contributed by atoms with Gasteiger partial charge in [0.1, 0.15) is 0 Å².